The molecule has 4 rings (SSSR count). The van der Waals surface area contributed by atoms with Gasteiger partial charge in [-0.25, -0.2) is 4.98 Å². The molecule has 2 amide bonds. The Hall–Kier alpha value is -3.31. The predicted octanol–water partition coefficient (Wildman–Crippen LogP) is 5.28. The van der Waals surface area contributed by atoms with Crippen LogP contribution >= 0.6 is 0 Å². The molecule has 2 fully saturated rings. The number of nitrogens with one attached hydrogen (secondary N) is 2. The Kier molecular flexibility index (Phi) is 5.49. The second kappa shape index (κ2) is 7.92. The predicted molar refractivity (Wildman–Crippen MR) is 104 cm³/mol. The minimum Gasteiger partial charge on any atom is -0.406 e. The van der Waals surface area contributed by atoms with Crippen molar-refractivity contribution in [2.75, 3.05) is 10.6 Å². The lowest BCUT2D eigenvalue weighted by Gasteiger charge is -2.19. The number of amides is 2. The molecule has 0 spiro atoms. The van der Waals surface area contributed by atoms with Gasteiger partial charge in [-0.1, -0.05) is 12.1 Å². The van der Waals surface area contributed by atoms with Crippen molar-refractivity contribution in [3.05, 3.63) is 36.4 Å². The summed E-state index contributed by atoms with van der Waals surface area (Å²) in [4.78, 5) is 28.5. The van der Waals surface area contributed by atoms with Crippen LogP contribution in [0.25, 0.3) is 11.1 Å². The molecule has 33 heavy (non-hydrogen) atoms. The number of nitrogens with zero attached hydrogens (tertiary/aromatic N) is 1. The van der Waals surface area contributed by atoms with Gasteiger partial charge in [0.25, 0.3) is 0 Å². The molecule has 2 N–H and O–H groups in total. The molecule has 0 unspecified atom stereocenters. The molecule has 2 saturated carbocycles. The van der Waals surface area contributed by atoms with Gasteiger partial charge >= 0.3 is 12.5 Å². The summed E-state index contributed by atoms with van der Waals surface area (Å²) in [6.45, 7) is 0. The number of rotatable bonds is 6. The van der Waals surface area contributed by atoms with Crippen LogP contribution in [0.5, 0.6) is 5.75 Å². The van der Waals surface area contributed by atoms with Crippen LogP contribution in [0.1, 0.15) is 25.7 Å². The van der Waals surface area contributed by atoms with E-state index in [4.69, 9.17) is 0 Å². The topological polar surface area (TPSA) is 80.3 Å². The van der Waals surface area contributed by atoms with Crippen molar-refractivity contribution in [3.63, 3.8) is 0 Å². The molecule has 12 heteroatoms. The SMILES string of the molecule is O=C(Nc1cc(-c2ccc(OC(F)(F)F)cc2)cc(NC(=O)C2(C(F)(F)F)CC2)n1)C1CC1. The Bertz CT molecular complexity index is 1070. The van der Waals surface area contributed by atoms with E-state index in [-0.39, 0.29) is 36.3 Å². The molecule has 0 aliphatic heterocycles. The maximum absolute atomic E-state index is 13.3. The van der Waals surface area contributed by atoms with Gasteiger partial charge in [0.1, 0.15) is 22.8 Å². The van der Waals surface area contributed by atoms with Crippen LogP contribution in [0.3, 0.4) is 0 Å². The molecule has 0 saturated heterocycles. The number of hydrogen-bond acceptors (Lipinski definition) is 4. The van der Waals surface area contributed by atoms with Gasteiger partial charge in [-0.3, -0.25) is 9.59 Å². The average molecular weight is 473 g/mol. The minimum absolute atomic E-state index is 0.00725. The van der Waals surface area contributed by atoms with Crippen LogP contribution in [0, 0.1) is 11.3 Å². The molecule has 2 aromatic rings. The zero-order valence-corrected chi connectivity index (χ0v) is 16.8. The zero-order valence-electron chi connectivity index (χ0n) is 16.8. The van der Waals surface area contributed by atoms with Gasteiger partial charge in [0.05, 0.1) is 0 Å². The number of ether oxygens (including phenoxy) is 1. The summed E-state index contributed by atoms with van der Waals surface area (Å²) in [5.74, 6) is -2.46. The summed E-state index contributed by atoms with van der Waals surface area (Å²) < 4.78 is 80.8. The lowest BCUT2D eigenvalue weighted by atomic mass is 10.0. The van der Waals surface area contributed by atoms with E-state index >= 15 is 0 Å². The fourth-order valence-electron chi connectivity index (χ4n) is 3.25. The van der Waals surface area contributed by atoms with Crippen molar-refractivity contribution >= 4 is 23.5 Å². The van der Waals surface area contributed by atoms with Gasteiger partial charge < -0.3 is 15.4 Å². The second-order valence-electron chi connectivity index (χ2n) is 8.00. The molecule has 1 aromatic heterocycles. The Labute approximate surface area is 183 Å². The highest BCUT2D eigenvalue weighted by Gasteiger charge is 2.68. The van der Waals surface area contributed by atoms with Gasteiger partial charge in [-0.15, -0.1) is 13.2 Å². The first-order chi connectivity index (χ1) is 15.4. The van der Waals surface area contributed by atoms with Gasteiger partial charge in [-0.2, -0.15) is 13.2 Å². The van der Waals surface area contributed by atoms with E-state index in [0.717, 1.165) is 12.1 Å². The third-order valence-corrected chi connectivity index (χ3v) is 5.41. The molecule has 2 aliphatic rings. The number of pyridine rings is 1. The van der Waals surface area contributed by atoms with E-state index in [1.807, 2.05) is 0 Å². The van der Waals surface area contributed by atoms with Crippen LogP contribution in [-0.4, -0.2) is 29.3 Å². The Morgan fingerprint density at radius 1 is 0.909 bits per heavy atom. The van der Waals surface area contributed by atoms with Crippen LogP contribution in [-0.2, 0) is 9.59 Å². The van der Waals surface area contributed by atoms with E-state index in [1.54, 1.807) is 0 Å². The van der Waals surface area contributed by atoms with Gasteiger partial charge in [0.2, 0.25) is 11.8 Å². The van der Waals surface area contributed by atoms with Crippen molar-refractivity contribution in [1.82, 2.24) is 4.98 Å². The minimum atomic E-state index is -4.87. The summed E-state index contributed by atoms with van der Waals surface area (Å²) >= 11 is 0. The number of carbonyl (C=O) groups is 2. The lowest BCUT2D eigenvalue weighted by Crippen LogP contribution is -2.37. The van der Waals surface area contributed by atoms with Gasteiger partial charge in [-0.05, 0) is 61.1 Å². The van der Waals surface area contributed by atoms with E-state index < -0.39 is 29.6 Å². The average Bonchev–Trinajstić information content (AvgIpc) is 3.60. The van der Waals surface area contributed by atoms with Crippen molar-refractivity contribution in [1.29, 1.82) is 0 Å². The van der Waals surface area contributed by atoms with Crippen LogP contribution in [0.2, 0.25) is 0 Å². The number of anilines is 2. The standard InChI is InChI=1S/C21H17F6N3O3/c22-20(23,24)19(7-8-19)18(32)30-16-10-13(9-15(28-16)29-17(31)12-1-2-12)11-3-5-14(6-4-11)33-21(25,26)27/h3-6,9-10,12H,1-2,7-8H2,(H2,28,29,30,31,32). The Morgan fingerprint density at radius 3 is 1.97 bits per heavy atom. The largest absolute Gasteiger partial charge is 0.573 e. The molecule has 0 radical (unpaired) electrons. The summed E-state index contributed by atoms with van der Waals surface area (Å²) in [6.07, 6.45) is -8.87. The molecule has 1 heterocycles. The number of benzene rings is 1. The third-order valence-electron chi connectivity index (χ3n) is 5.41. The van der Waals surface area contributed by atoms with Crippen molar-refractivity contribution in [2.45, 2.75) is 38.2 Å². The fraction of sp³-hybridized carbons (Fsp3) is 0.381. The highest BCUT2D eigenvalue weighted by atomic mass is 19.4. The summed E-state index contributed by atoms with van der Waals surface area (Å²) in [6, 6.07) is 7.40. The molecule has 0 atom stereocenters. The Balaban J connectivity index is 1.62. The maximum Gasteiger partial charge on any atom is 0.573 e. The van der Waals surface area contributed by atoms with E-state index in [2.05, 4.69) is 20.4 Å². The second-order valence-corrected chi connectivity index (χ2v) is 8.00. The highest BCUT2D eigenvalue weighted by molar-refractivity contribution is 5.98. The molecule has 1 aromatic carbocycles. The van der Waals surface area contributed by atoms with Crippen LogP contribution < -0.4 is 15.4 Å². The molecule has 176 valence electrons. The first-order valence-electron chi connectivity index (χ1n) is 9.94. The maximum atomic E-state index is 13.3. The normalized spacial score (nSPS) is 17.3. The first kappa shape index (κ1) is 22.9. The van der Waals surface area contributed by atoms with Gasteiger partial charge in [0, 0.05) is 5.92 Å². The zero-order chi connectivity index (χ0) is 24.0. The monoisotopic (exact) mass is 473 g/mol. The quantitative estimate of drug-likeness (QED) is 0.560. The van der Waals surface area contributed by atoms with E-state index in [1.165, 1.54) is 24.3 Å². The molecular formula is C21H17F6N3O3. The van der Waals surface area contributed by atoms with Crippen molar-refractivity contribution < 1.29 is 40.7 Å². The first-order valence-corrected chi connectivity index (χ1v) is 9.94. The van der Waals surface area contributed by atoms with Crippen molar-refractivity contribution in [2.24, 2.45) is 11.3 Å². The van der Waals surface area contributed by atoms with Crippen molar-refractivity contribution in [3.8, 4) is 16.9 Å². The molecule has 2 aliphatic carbocycles. The highest BCUT2D eigenvalue weighted by Crippen LogP contribution is 2.58. The fourth-order valence-corrected chi connectivity index (χ4v) is 3.25. The lowest BCUT2D eigenvalue weighted by molar-refractivity contribution is -0.274. The van der Waals surface area contributed by atoms with Gasteiger partial charge in [0.15, 0.2) is 0 Å². The smallest absolute Gasteiger partial charge is 0.406 e. The van der Waals surface area contributed by atoms with Crippen LogP contribution in [0.4, 0.5) is 38.0 Å². The number of alkyl halides is 6. The summed E-state index contributed by atoms with van der Waals surface area (Å²) in [7, 11) is 0. The molecule has 6 nitrogen and oxygen atoms in total. The number of carbonyl (C=O) groups excluding carboxylic acids is 2. The molecule has 0 bridgehead atoms. The Morgan fingerprint density at radius 2 is 1.48 bits per heavy atom. The summed E-state index contributed by atoms with van der Waals surface area (Å²) in [5.41, 5.74) is -1.80. The van der Waals surface area contributed by atoms with Crippen LogP contribution in [0.15, 0.2) is 36.4 Å². The third kappa shape index (κ3) is 5.20. The summed E-state index contributed by atoms with van der Waals surface area (Å²) in [5, 5.41) is 4.73. The molecular weight excluding hydrogens is 456 g/mol. The number of hydrogen-bond donors (Lipinski definition) is 2. The van der Waals surface area contributed by atoms with E-state index in [9.17, 15) is 35.9 Å². The number of aromatic nitrogens is 1. The van der Waals surface area contributed by atoms with E-state index in [0.29, 0.717) is 24.0 Å². The number of halogens is 6.